The van der Waals surface area contributed by atoms with Crippen LogP contribution >= 0.6 is 0 Å². The molecule has 0 aliphatic carbocycles. The molecule has 0 aliphatic heterocycles. The van der Waals surface area contributed by atoms with Crippen molar-refractivity contribution in [2.75, 3.05) is 13.4 Å². The molecule has 0 bridgehead atoms. The molecule has 0 saturated heterocycles. The van der Waals surface area contributed by atoms with Crippen LogP contribution in [0, 0.1) is 0 Å². The third kappa shape index (κ3) is 4.86. The van der Waals surface area contributed by atoms with Gasteiger partial charge in [-0.1, -0.05) is 12.1 Å². The van der Waals surface area contributed by atoms with Crippen LogP contribution in [0.4, 0.5) is 13.2 Å². The lowest BCUT2D eigenvalue weighted by Gasteiger charge is -2.11. The largest absolute Gasteiger partial charge is 0.467 e. The van der Waals surface area contributed by atoms with Crippen molar-refractivity contribution in [3.05, 3.63) is 29.8 Å². The molecule has 0 fully saturated rings. The van der Waals surface area contributed by atoms with Gasteiger partial charge in [-0.25, -0.2) is 0 Å². The average Bonchev–Trinajstić information content (AvgIpc) is 2.23. The van der Waals surface area contributed by atoms with Gasteiger partial charge in [0.2, 0.25) is 0 Å². The first-order chi connectivity index (χ1) is 7.90. The predicted octanol–water partition coefficient (Wildman–Crippen LogP) is 2.80. The summed E-state index contributed by atoms with van der Waals surface area (Å²) in [5, 5.41) is 0. The number of carbonyl (C=O) groups is 1. The Hall–Kier alpha value is -1.56. The van der Waals surface area contributed by atoms with Gasteiger partial charge < -0.3 is 9.47 Å². The monoisotopic (exact) mass is 248 g/mol. The zero-order valence-electron chi connectivity index (χ0n) is 9.08. The molecule has 0 aromatic heterocycles. The fraction of sp³-hybridized carbons (Fsp3) is 0.364. The standard InChI is InChI=1S/C11H11F3O3/c1-8(15)9-4-2-3-5-10(9)17-7-16-6-11(12,13)14/h2-5H,6-7H2,1H3. The lowest BCUT2D eigenvalue weighted by molar-refractivity contribution is -0.186. The Labute approximate surface area is 96.1 Å². The molecule has 17 heavy (non-hydrogen) atoms. The van der Waals surface area contributed by atoms with Crippen molar-refractivity contribution in [2.24, 2.45) is 0 Å². The number of Topliss-reactive ketones (excluding diaryl/α,β-unsaturated/α-hetero) is 1. The van der Waals surface area contributed by atoms with E-state index in [0.717, 1.165) is 0 Å². The van der Waals surface area contributed by atoms with Gasteiger partial charge in [-0.15, -0.1) is 0 Å². The molecule has 1 rings (SSSR count). The molecule has 0 unspecified atom stereocenters. The van der Waals surface area contributed by atoms with E-state index < -0.39 is 19.6 Å². The molecule has 0 heterocycles. The van der Waals surface area contributed by atoms with Crippen molar-refractivity contribution in [3.63, 3.8) is 0 Å². The van der Waals surface area contributed by atoms with Gasteiger partial charge in [0.15, 0.2) is 12.6 Å². The van der Waals surface area contributed by atoms with Crippen LogP contribution in [0.25, 0.3) is 0 Å². The maximum Gasteiger partial charge on any atom is 0.411 e. The minimum absolute atomic E-state index is 0.210. The SMILES string of the molecule is CC(=O)c1ccccc1OCOCC(F)(F)F. The molecule has 0 radical (unpaired) electrons. The average molecular weight is 248 g/mol. The first kappa shape index (κ1) is 13.5. The van der Waals surface area contributed by atoms with E-state index in [9.17, 15) is 18.0 Å². The molecular formula is C11H11F3O3. The predicted molar refractivity (Wildman–Crippen MR) is 53.9 cm³/mol. The van der Waals surface area contributed by atoms with Gasteiger partial charge in [-0.3, -0.25) is 4.79 Å². The first-order valence-corrected chi connectivity index (χ1v) is 4.77. The highest BCUT2D eigenvalue weighted by atomic mass is 19.4. The van der Waals surface area contributed by atoms with Crippen molar-refractivity contribution in [1.29, 1.82) is 0 Å². The summed E-state index contributed by atoms with van der Waals surface area (Å²) < 4.78 is 44.5. The van der Waals surface area contributed by atoms with Crippen LogP contribution in [0.15, 0.2) is 24.3 Å². The molecule has 1 aromatic rings. The Kier molecular flexibility index (Phi) is 4.51. The summed E-state index contributed by atoms with van der Waals surface area (Å²) in [7, 11) is 0. The van der Waals surface area contributed by atoms with Crippen LogP contribution in [-0.4, -0.2) is 25.4 Å². The van der Waals surface area contributed by atoms with E-state index in [-0.39, 0.29) is 11.5 Å². The van der Waals surface area contributed by atoms with Gasteiger partial charge in [-0.05, 0) is 19.1 Å². The van der Waals surface area contributed by atoms with Crippen LogP contribution in [0.5, 0.6) is 5.75 Å². The second kappa shape index (κ2) is 5.67. The molecule has 6 heteroatoms. The summed E-state index contributed by atoms with van der Waals surface area (Å²) in [5.74, 6) is -0.0152. The Balaban J connectivity index is 2.49. The maximum absolute atomic E-state index is 11.8. The summed E-state index contributed by atoms with van der Waals surface area (Å²) in [6.45, 7) is -0.586. The van der Waals surface area contributed by atoms with Crippen molar-refractivity contribution in [1.82, 2.24) is 0 Å². The normalized spacial score (nSPS) is 11.3. The molecule has 3 nitrogen and oxygen atoms in total. The molecular weight excluding hydrogens is 237 g/mol. The smallest absolute Gasteiger partial charge is 0.411 e. The number of para-hydroxylation sites is 1. The lowest BCUT2D eigenvalue weighted by Crippen LogP contribution is -2.19. The minimum Gasteiger partial charge on any atom is -0.467 e. The number of benzene rings is 1. The third-order valence-corrected chi connectivity index (χ3v) is 1.83. The van der Waals surface area contributed by atoms with Crippen LogP contribution in [-0.2, 0) is 4.74 Å². The van der Waals surface area contributed by atoms with E-state index in [1.165, 1.54) is 19.1 Å². The van der Waals surface area contributed by atoms with Crippen molar-refractivity contribution in [3.8, 4) is 5.75 Å². The van der Waals surface area contributed by atoms with E-state index in [4.69, 9.17) is 4.74 Å². The van der Waals surface area contributed by atoms with Gasteiger partial charge in [0.1, 0.15) is 12.4 Å². The Bertz CT molecular complexity index is 388. The van der Waals surface area contributed by atoms with Crippen LogP contribution in [0.3, 0.4) is 0 Å². The second-order valence-corrected chi connectivity index (χ2v) is 3.28. The van der Waals surface area contributed by atoms with E-state index >= 15 is 0 Å². The summed E-state index contributed by atoms with van der Waals surface area (Å²) in [6, 6.07) is 6.28. The van der Waals surface area contributed by atoms with Crippen molar-refractivity contribution >= 4 is 5.78 Å². The molecule has 0 N–H and O–H groups in total. The van der Waals surface area contributed by atoms with Gasteiger partial charge in [-0.2, -0.15) is 13.2 Å². The van der Waals surface area contributed by atoms with Gasteiger partial charge in [0, 0.05) is 0 Å². The molecule has 0 amide bonds. The van der Waals surface area contributed by atoms with Crippen LogP contribution < -0.4 is 4.74 Å². The highest BCUT2D eigenvalue weighted by Crippen LogP contribution is 2.19. The highest BCUT2D eigenvalue weighted by molar-refractivity contribution is 5.96. The number of ether oxygens (including phenoxy) is 2. The Morgan fingerprint density at radius 1 is 1.29 bits per heavy atom. The summed E-state index contributed by atoms with van der Waals surface area (Å²) in [6.07, 6.45) is -4.39. The molecule has 0 atom stereocenters. The summed E-state index contributed by atoms with van der Waals surface area (Å²) in [5.41, 5.74) is 0.308. The highest BCUT2D eigenvalue weighted by Gasteiger charge is 2.27. The van der Waals surface area contributed by atoms with Gasteiger partial charge in [0.25, 0.3) is 0 Å². The fourth-order valence-electron chi connectivity index (χ4n) is 1.15. The number of alkyl halides is 3. The number of ketones is 1. The zero-order chi connectivity index (χ0) is 12.9. The molecule has 0 aliphatic rings. The Morgan fingerprint density at radius 2 is 1.94 bits per heavy atom. The summed E-state index contributed by atoms with van der Waals surface area (Å²) in [4.78, 5) is 11.2. The second-order valence-electron chi connectivity index (χ2n) is 3.28. The van der Waals surface area contributed by atoms with Crippen molar-refractivity contribution in [2.45, 2.75) is 13.1 Å². The Morgan fingerprint density at radius 3 is 2.53 bits per heavy atom. The van der Waals surface area contributed by atoms with Gasteiger partial charge in [0.05, 0.1) is 5.56 Å². The number of carbonyl (C=O) groups excluding carboxylic acids is 1. The molecule has 0 saturated carbocycles. The van der Waals surface area contributed by atoms with E-state index in [1.807, 2.05) is 0 Å². The zero-order valence-corrected chi connectivity index (χ0v) is 9.08. The molecule has 0 spiro atoms. The van der Waals surface area contributed by atoms with Crippen LogP contribution in [0.1, 0.15) is 17.3 Å². The number of hydrogen-bond donors (Lipinski definition) is 0. The van der Waals surface area contributed by atoms with E-state index in [2.05, 4.69) is 4.74 Å². The number of hydrogen-bond acceptors (Lipinski definition) is 3. The quantitative estimate of drug-likeness (QED) is 0.456. The number of halogens is 3. The minimum atomic E-state index is -4.39. The number of rotatable bonds is 5. The van der Waals surface area contributed by atoms with Gasteiger partial charge >= 0.3 is 6.18 Å². The van der Waals surface area contributed by atoms with Crippen LogP contribution in [0.2, 0.25) is 0 Å². The van der Waals surface area contributed by atoms with E-state index in [1.54, 1.807) is 12.1 Å². The maximum atomic E-state index is 11.8. The fourth-order valence-corrected chi connectivity index (χ4v) is 1.15. The van der Waals surface area contributed by atoms with Crippen molar-refractivity contribution < 1.29 is 27.4 Å². The third-order valence-electron chi connectivity index (χ3n) is 1.83. The molecule has 94 valence electrons. The summed E-state index contributed by atoms with van der Waals surface area (Å²) >= 11 is 0. The van der Waals surface area contributed by atoms with E-state index in [0.29, 0.717) is 5.56 Å². The molecule has 1 aromatic carbocycles. The topological polar surface area (TPSA) is 35.5 Å². The lowest BCUT2D eigenvalue weighted by atomic mass is 10.1. The first-order valence-electron chi connectivity index (χ1n) is 4.77.